The van der Waals surface area contributed by atoms with Crippen molar-refractivity contribution in [2.24, 2.45) is 0 Å². The Morgan fingerprint density at radius 2 is 1.62 bits per heavy atom. The Kier molecular flexibility index (Phi) is 6.94. The van der Waals surface area contributed by atoms with E-state index in [0.29, 0.717) is 5.69 Å². The van der Waals surface area contributed by atoms with Crippen LogP contribution >= 0.6 is 11.6 Å². The molecule has 0 saturated heterocycles. The van der Waals surface area contributed by atoms with Gasteiger partial charge in [-0.05, 0) is 40.5 Å². The molecule has 3 N–H and O–H groups in total. The molecule has 2 amide bonds. The molecule has 0 fully saturated rings. The first-order valence-electron chi connectivity index (χ1n) is 10.5. The number of ether oxygens (including phenoxy) is 1. The molecular weight excluding hydrogens is 456 g/mol. The number of carboxylic acid groups (broad SMARTS) is 1. The number of carboxylic acids is 1. The first kappa shape index (κ1) is 23.1. The molecule has 34 heavy (non-hydrogen) atoms. The largest absolute Gasteiger partial charge is 0.478 e. The van der Waals surface area contributed by atoms with Gasteiger partial charge in [-0.3, -0.25) is 10.1 Å². The lowest BCUT2D eigenvalue weighted by atomic mass is 9.98. The lowest BCUT2D eigenvalue weighted by Crippen LogP contribution is -2.23. The van der Waals surface area contributed by atoms with Crippen LogP contribution in [-0.2, 0) is 9.53 Å². The summed E-state index contributed by atoms with van der Waals surface area (Å²) >= 11 is 6.24. The van der Waals surface area contributed by atoms with Crippen LogP contribution in [0.3, 0.4) is 0 Å². The van der Waals surface area contributed by atoms with Crippen LogP contribution in [0.4, 0.5) is 10.5 Å². The van der Waals surface area contributed by atoms with E-state index in [0.717, 1.165) is 28.3 Å². The Labute approximate surface area is 201 Å². The van der Waals surface area contributed by atoms with Crippen LogP contribution in [0.2, 0.25) is 5.02 Å². The fourth-order valence-electron chi connectivity index (χ4n) is 3.92. The van der Waals surface area contributed by atoms with Crippen LogP contribution in [0.5, 0.6) is 0 Å². The van der Waals surface area contributed by atoms with Gasteiger partial charge in [-0.25, -0.2) is 9.59 Å². The summed E-state index contributed by atoms with van der Waals surface area (Å²) < 4.78 is 5.52. The third kappa shape index (κ3) is 5.10. The summed E-state index contributed by atoms with van der Waals surface area (Å²) in [5, 5.41) is 13.9. The molecule has 0 atom stereocenters. The number of carbonyl (C=O) groups is 3. The van der Waals surface area contributed by atoms with E-state index in [4.69, 9.17) is 21.4 Å². The molecule has 0 aromatic heterocycles. The molecule has 1 aliphatic carbocycles. The molecule has 0 bridgehead atoms. The first-order chi connectivity index (χ1) is 16.4. The molecule has 0 spiro atoms. The van der Waals surface area contributed by atoms with Gasteiger partial charge in [-0.1, -0.05) is 66.2 Å². The molecule has 172 valence electrons. The number of halogens is 1. The number of rotatable bonds is 7. The third-order valence-corrected chi connectivity index (χ3v) is 5.77. The summed E-state index contributed by atoms with van der Waals surface area (Å²) in [6.45, 7) is 0.227. The molecule has 4 rings (SSSR count). The lowest BCUT2D eigenvalue weighted by Gasteiger charge is -2.15. The zero-order valence-corrected chi connectivity index (χ0v) is 18.7. The van der Waals surface area contributed by atoms with Crippen molar-refractivity contribution >= 4 is 35.3 Å². The molecule has 0 saturated carbocycles. The minimum atomic E-state index is -1.10. The van der Waals surface area contributed by atoms with Gasteiger partial charge in [-0.15, -0.1) is 0 Å². The second-order valence-corrected chi connectivity index (χ2v) is 8.00. The standard InChI is InChI=1S/C26H21ClN2O5/c27-22-14-16(25(32)28-13-5-10-24(30)31)11-12-23(22)29-26(33)34-15-21-19-8-3-1-6-17(19)18-7-2-4-9-20(18)21/h1-12,14,21H,13,15H2,(H,28,32)(H,29,33)(H,30,31)/b10-5+. The minimum absolute atomic E-state index is 0.0580. The van der Waals surface area contributed by atoms with Crippen LogP contribution in [0.25, 0.3) is 11.1 Å². The van der Waals surface area contributed by atoms with E-state index >= 15 is 0 Å². The number of carbonyl (C=O) groups excluding carboxylic acids is 2. The summed E-state index contributed by atoms with van der Waals surface area (Å²) in [4.78, 5) is 35.1. The first-order valence-corrected chi connectivity index (χ1v) is 10.9. The maximum Gasteiger partial charge on any atom is 0.411 e. The fraction of sp³-hybridized carbons (Fsp3) is 0.115. The van der Waals surface area contributed by atoms with Gasteiger partial charge in [0.1, 0.15) is 6.61 Å². The highest BCUT2D eigenvalue weighted by molar-refractivity contribution is 6.34. The van der Waals surface area contributed by atoms with Crippen molar-refractivity contribution in [3.05, 3.63) is 101 Å². The van der Waals surface area contributed by atoms with Gasteiger partial charge in [0.15, 0.2) is 0 Å². The lowest BCUT2D eigenvalue weighted by molar-refractivity contribution is -0.131. The Bertz CT molecular complexity index is 1240. The van der Waals surface area contributed by atoms with Crippen molar-refractivity contribution in [1.82, 2.24) is 5.32 Å². The normalized spacial score (nSPS) is 12.1. The second-order valence-electron chi connectivity index (χ2n) is 7.60. The van der Waals surface area contributed by atoms with Gasteiger partial charge in [0.25, 0.3) is 5.91 Å². The smallest absolute Gasteiger partial charge is 0.411 e. The minimum Gasteiger partial charge on any atom is -0.478 e. The molecule has 1 aliphatic rings. The van der Waals surface area contributed by atoms with Crippen LogP contribution < -0.4 is 10.6 Å². The van der Waals surface area contributed by atoms with E-state index in [-0.39, 0.29) is 29.7 Å². The number of benzene rings is 3. The Hall–Kier alpha value is -4.10. The van der Waals surface area contributed by atoms with E-state index in [1.54, 1.807) is 0 Å². The van der Waals surface area contributed by atoms with Gasteiger partial charge < -0.3 is 15.2 Å². The van der Waals surface area contributed by atoms with E-state index in [9.17, 15) is 14.4 Å². The van der Waals surface area contributed by atoms with Crippen molar-refractivity contribution in [3.8, 4) is 11.1 Å². The van der Waals surface area contributed by atoms with Gasteiger partial charge >= 0.3 is 12.1 Å². The van der Waals surface area contributed by atoms with Crippen LogP contribution in [0.15, 0.2) is 78.9 Å². The summed E-state index contributed by atoms with van der Waals surface area (Å²) in [6, 6.07) is 20.6. The summed E-state index contributed by atoms with van der Waals surface area (Å²) in [7, 11) is 0. The maximum atomic E-state index is 12.5. The summed E-state index contributed by atoms with van der Waals surface area (Å²) in [6.07, 6.45) is 1.60. The van der Waals surface area contributed by atoms with Crippen molar-refractivity contribution in [2.45, 2.75) is 5.92 Å². The third-order valence-electron chi connectivity index (χ3n) is 5.45. The molecular formula is C26H21ClN2O5. The molecule has 0 radical (unpaired) electrons. The molecule has 0 heterocycles. The monoisotopic (exact) mass is 476 g/mol. The second kappa shape index (κ2) is 10.2. The Morgan fingerprint density at radius 1 is 0.971 bits per heavy atom. The molecule has 0 aliphatic heterocycles. The number of aliphatic carboxylic acids is 1. The summed E-state index contributed by atoms with van der Waals surface area (Å²) in [5.41, 5.74) is 5.09. The number of nitrogens with one attached hydrogen (secondary N) is 2. The van der Waals surface area contributed by atoms with Crippen molar-refractivity contribution < 1.29 is 24.2 Å². The van der Waals surface area contributed by atoms with Crippen LogP contribution in [0, 0.1) is 0 Å². The van der Waals surface area contributed by atoms with Crippen LogP contribution in [0.1, 0.15) is 27.4 Å². The maximum absolute atomic E-state index is 12.5. The number of fused-ring (bicyclic) bond motifs is 3. The molecule has 8 heteroatoms. The molecule has 0 unspecified atom stereocenters. The zero-order chi connectivity index (χ0) is 24.1. The quantitative estimate of drug-likeness (QED) is 0.413. The van der Waals surface area contributed by atoms with E-state index in [2.05, 4.69) is 22.8 Å². The van der Waals surface area contributed by atoms with Crippen molar-refractivity contribution in [3.63, 3.8) is 0 Å². The molecule has 3 aromatic rings. The number of anilines is 1. The van der Waals surface area contributed by atoms with Gasteiger partial charge in [0.2, 0.25) is 0 Å². The number of hydrogen-bond donors (Lipinski definition) is 3. The number of amides is 2. The number of hydrogen-bond acceptors (Lipinski definition) is 4. The van der Waals surface area contributed by atoms with E-state index in [1.165, 1.54) is 24.3 Å². The van der Waals surface area contributed by atoms with Crippen molar-refractivity contribution in [2.75, 3.05) is 18.5 Å². The highest BCUT2D eigenvalue weighted by atomic mass is 35.5. The topological polar surface area (TPSA) is 105 Å². The Morgan fingerprint density at radius 3 is 2.24 bits per heavy atom. The van der Waals surface area contributed by atoms with E-state index < -0.39 is 18.0 Å². The highest BCUT2D eigenvalue weighted by Crippen LogP contribution is 2.44. The molecule has 7 nitrogen and oxygen atoms in total. The SMILES string of the molecule is O=C(O)/C=C/CNC(=O)c1ccc(NC(=O)OCC2c3ccccc3-c3ccccc32)c(Cl)c1. The average Bonchev–Trinajstić information content (AvgIpc) is 3.15. The predicted octanol–water partition coefficient (Wildman–Crippen LogP) is 5.07. The van der Waals surface area contributed by atoms with Gasteiger partial charge in [0.05, 0.1) is 10.7 Å². The summed E-state index contributed by atoms with van der Waals surface area (Å²) in [5.74, 6) is -1.58. The van der Waals surface area contributed by atoms with Gasteiger partial charge in [-0.2, -0.15) is 0 Å². The highest BCUT2D eigenvalue weighted by Gasteiger charge is 2.29. The predicted molar refractivity (Wildman–Crippen MR) is 129 cm³/mol. The van der Waals surface area contributed by atoms with Gasteiger partial charge in [0, 0.05) is 24.1 Å². The fourth-order valence-corrected chi connectivity index (χ4v) is 4.14. The molecule has 3 aromatic carbocycles. The van der Waals surface area contributed by atoms with Crippen LogP contribution in [-0.4, -0.2) is 36.2 Å². The van der Waals surface area contributed by atoms with E-state index in [1.807, 2.05) is 36.4 Å². The average molecular weight is 477 g/mol. The Balaban J connectivity index is 1.37. The zero-order valence-electron chi connectivity index (χ0n) is 18.0. The van der Waals surface area contributed by atoms with Crippen molar-refractivity contribution in [1.29, 1.82) is 0 Å².